The zero-order chi connectivity index (χ0) is 17.1. The van der Waals surface area contributed by atoms with Crippen LogP contribution in [0.3, 0.4) is 0 Å². The summed E-state index contributed by atoms with van der Waals surface area (Å²) in [5.41, 5.74) is 0.923. The monoisotopic (exact) mass is 362 g/mol. The maximum Gasteiger partial charge on any atom is 0.433 e. The largest absolute Gasteiger partial charge is 0.433 e. The average molecular weight is 362 g/mol. The maximum atomic E-state index is 10.7. The third kappa shape index (κ3) is 3.52. The molecule has 9 heteroatoms. The summed E-state index contributed by atoms with van der Waals surface area (Å²) >= 11 is 3.11. The topological polar surface area (TPSA) is 85.9 Å². The lowest BCUT2D eigenvalue weighted by Gasteiger charge is -2.01. The molecule has 0 atom stereocenters. The van der Waals surface area contributed by atoms with Crippen molar-refractivity contribution in [1.29, 1.82) is 0 Å². The molecule has 0 N–H and O–H groups in total. The Bertz CT molecular complexity index is 932. The Labute approximate surface area is 145 Å². The molecule has 0 aliphatic rings. The molecule has 0 saturated heterocycles. The first-order valence-corrected chi connectivity index (χ1v) is 8.87. The van der Waals surface area contributed by atoms with Crippen molar-refractivity contribution in [3.05, 3.63) is 55.7 Å². The summed E-state index contributed by atoms with van der Waals surface area (Å²) in [7, 11) is 0. The minimum Gasteiger partial charge on any atom is -0.400 e. The zero-order valence-electron chi connectivity index (χ0n) is 12.9. The Morgan fingerprint density at radius 1 is 1.33 bits per heavy atom. The Morgan fingerprint density at radius 3 is 2.79 bits per heavy atom. The van der Waals surface area contributed by atoms with Gasteiger partial charge >= 0.3 is 5.88 Å². The van der Waals surface area contributed by atoms with Crippen molar-refractivity contribution in [3.63, 3.8) is 0 Å². The van der Waals surface area contributed by atoms with E-state index in [2.05, 4.69) is 10.1 Å². The molecule has 24 heavy (non-hydrogen) atoms. The highest BCUT2D eigenvalue weighted by Crippen LogP contribution is 2.25. The van der Waals surface area contributed by atoms with Gasteiger partial charge < -0.3 is 4.42 Å². The van der Waals surface area contributed by atoms with Crippen LogP contribution in [0, 0.1) is 10.1 Å². The number of hydrogen-bond acceptors (Lipinski definition) is 7. The van der Waals surface area contributed by atoms with E-state index in [1.165, 1.54) is 29.7 Å². The van der Waals surface area contributed by atoms with Gasteiger partial charge in [0.2, 0.25) is 4.80 Å². The summed E-state index contributed by atoms with van der Waals surface area (Å²) in [4.78, 5) is 16.5. The van der Waals surface area contributed by atoms with Gasteiger partial charge in [-0.3, -0.25) is 15.1 Å². The number of rotatable bonds is 5. The second kappa shape index (κ2) is 6.93. The predicted molar refractivity (Wildman–Crippen MR) is 94.7 cm³/mol. The second-order valence-electron chi connectivity index (χ2n) is 5.09. The molecule has 0 fully saturated rings. The fourth-order valence-corrected chi connectivity index (χ4v) is 3.70. The van der Waals surface area contributed by atoms with Gasteiger partial charge in [0.1, 0.15) is 4.92 Å². The van der Waals surface area contributed by atoms with Crippen LogP contribution in [-0.2, 0) is 0 Å². The number of hydrogen-bond donors (Lipinski definition) is 0. The second-order valence-corrected chi connectivity index (χ2v) is 6.88. The van der Waals surface area contributed by atoms with Gasteiger partial charge in [0, 0.05) is 11.4 Å². The molecule has 124 valence electrons. The van der Waals surface area contributed by atoms with Crippen molar-refractivity contribution in [2.75, 3.05) is 0 Å². The van der Waals surface area contributed by atoms with E-state index in [0.717, 1.165) is 15.4 Å². The molecule has 0 spiro atoms. The highest BCUT2D eigenvalue weighted by molar-refractivity contribution is 7.14. The van der Waals surface area contributed by atoms with Gasteiger partial charge in [0.25, 0.3) is 0 Å². The summed E-state index contributed by atoms with van der Waals surface area (Å²) in [6.45, 7) is 3.99. The zero-order valence-corrected chi connectivity index (χ0v) is 14.6. The molecule has 0 amide bonds. The summed E-state index contributed by atoms with van der Waals surface area (Å²) in [5, 5.41) is 19.1. The van der Waals surface area contributed by atoms with E-state index in [1.807, 2.05) is 36.7 Å². The first kappa shape index (κ1) is 16.3. The molecule has 0 radical (unpaired) electrons. The van der Waals surface area contributed by atoms with Crippen LogP contribution in [0.4, 0.5) is 5.88 Å². The van der Waals surface area contributed by atoms with E-state index in [1.54, 1.807) is 16.0 Å². The lowest BCUT2D eigenvalue weighted by Crippen LogP contribution is -2.14. The molecule has 3 heterocycles. The third-order valence-corrected chi connectivity index (χ3v) is 4.64. The van der Waals surface area contributed by atoms with E-state index < -0.39 is 4.92 Å². The first-order valence-electron chi connectivity index (χ1n) is 7.11. The van der Waals surface area contributed by atoms with Crippen LogP contribution in [0.15, 0.2) is 49.5 Å². The molecule has 0 unspecified atom stereocenters. The van der Waals surface area contributed by atoms with Gasteiger partial charge in [0.15, 0.2) is 5.76 Å². The Hall–Kier alpha value is -2.52. The van der Waals surface area contributed by atoms with Crippen LogP contribution >= 0.6 is 22.7 Å². The Kier molecular flexibility index (Phi) is 4.72. The van der Waals surface area contributed by atoms with Crippen molar-refractivity contribution >= 4 is 34.8 Å². The molecule has 3 rings (SSSR count). The number of thiazole rings is 1. The van der Waals surface area contributed by atoms with E-state index in [4.69, 9.17) is 4.42 Å². The predicted octanol–water partition coefficient (Wildman–Crippen LogP) is 3.97. The smallest absolute Gasteiger partial charge is 0.400 e. The highest BCUT2D eigenvalue weighted by atomic mass is 32.1. The average Bonchev–Trinajstić information content (AvgIpc) is 3.25. The van der Waals surface area contributed by atoms with Crippen molar-refractivity contribution < 1.29 is 9.34 Å². The van der Waals surface area contributed by atoms with E-state index in [-0.39, 0.29) is 11.9 Å². The van der Waals surface area contributed by atoms with Gasteiger partial charge in [-0.1, -0.05) is 6.07 Å². The molecular weight excluding hydrogens is 348 g/mol. The standard InChI is InChI=1S/C15H14N4O3S2/c1-10(2)17-15-18(12(9-24-15)13-4-3-7-23-13)16-8-11-5-6-14(22-11)19(20)21/h3-10H,1-2H3. The summed E-state index contributed by atoms with van der Waals surface area (Å²) in [6.07, 6.45) is 1.45. The first-order chi connectivity index (χ1) is 11.5. The van der Waals surface area contributed by atoms with Crippen LogP contribution in [-0.4, -0.2) is 21.9 Å². The molecular formula is C15H14N4O3S2. The van der Waals surface area contributed by atoms with Crippen molar-refractivity contribution in [2.24, 2.45) is 10.1 Å². The number of thiophene rings is 1. The fraction of sp³-hybridized carbons (Fsp3) is 0.200. The number of aromatic nitrogens is 1. The van der Waals surface area contributed by atoms with E-state index >= 15 is 0 Å². The SMILES string of the molecule is CC(C)N=c1scc(-c2cccs2)n1N=Cc1ccc([N+](=O)[O-])o1. The van der Waals surface area contributed by atoms with Crippen LogP contribution in [0.25, 0.3) is 10.6 Å². The maximum absolute atomic E-state index is 10.7. The minimum atomic E-state index is -0.578. The van der Waals surface area contributed by atoms with Gasteiger partial charge in [-0.05, 0) is 31.4 Å². The number of nitro groups is 1. The lowest BCUT2D eigenvalue weighted by atomic mass is 10.4. The van der Waals surface area contributed by atoms with Gasteiger partial charge in [-0.2, -0.15) is 5.10 Å². The molecule has 7 nitrogen and oxygen atoms in total. The molecule has 0 aromatic carbocycles. The number of furan rings is 1. The Morgan fingerprint density at radius 2 is 2.17 bits per heavy atom. The minimum absolute atomic E-state index is 0.131. The third-order valence-electron chi connectivity index (χ3n) is 2.92. The van der Waals surface area contributed by atoms with Crippen LogP contribution < -0.4 is 4.80 Å². The summed E-state index contributed by atoms with van der Waals surface area (Å²) in [5.74, 6) is 0.00497. The van der Waals surface area contributed by atoms with Crippen molar-refractivity contribution in [1.82, 2.24) is 4.68 Å². The Balaban J connectivity index is 2.02. The molecule has 3 aromatic rings. The van der Waals surface area contributed by atoms with Gasteiger partial charge in [-0.15, -0.1) is 22.7 Å². The van der Waals surface area contributed by atoms with Crippen molar-refractivity contribution in [2.45, 2.75) is 19.9 Å². The van der Waals surface area contributed by atoms with Gasteiger partial charge in [-0.25, -0.2) is 4.68 Å². The normalized spacial score (nSPS) is 12.5. The van der Waals surface area contributed by atoms with E-state index in [0.29, 0.717) is 5.76 Å². The molecule has 0 aliphatic carbocycles. The molecule has 3 aromatic heterocycles. The van der Waals surface area contributed by atoms with Crippen molar-refractivity contribution in [3.8, 4) is 10.6 Å². The van der Waals surface area contributed by atoms with Crippen LogP contribution in [0.1, 0.15) is 19.6 Å². The fourth-order valence-electron chi connectivity index (χ4n) is 1.94. The quantitative estimate of drug-likeness (QED) is 0.391. The van der Waals surface area contributed by atoms with Crippen LogP contribution in [0.5, 0.6) is 0 Å². The lowest BCUT2D eigenvalue weighted by molar-refractivity contribution is -0.402. The number of nitrogens with zero attached hydrogens (tertiary/aromatic N) is 4. The van der Waals surface area contributed by atoms with Crippen LogP contribution in [0.2, 0.25) is 0 Å². The summed E-state index contributed by atoms with van der Waals surface area (Å²) < 4.78 is 6.84. The highest BCUT2D eigenvalue weighted by Gasteiger charge is 2.12. The molecule has 0 aliphatic heterocycles. The van der Waals surface area contributed by atoms with Gasteiger partial charge in [0.05, 0.1) is 22.9 Å². The van der Waals surface area contributed by atoms with E-state index in [9.17, 15) is 10.1 Å². The molecule has 0 saturated carbocycles. The molecule has 0 bridgehead atoms. The summed E-state index contributed by atoms with van der Waals surface area (Å²) in [6, 6.07) is 6.93.